The van der Waals surface area contributed by atoms with E-state index < -0.39 is 0 Å². The number of nitrogens with zero attached hydrogens (tertiary/aromatic N) is 1. The summed E-state index contributed by atoms with van der Waals surface area (Å²) in [4.78, 5) is 15.7. The van der Waals surface area contributed by atoms with E-state index in [1.807, 2.05) is 13.0 Å². The lowest BCUT2D eigenvalue weighted by molar-refractivity contribution is -0.113. The summed E-state index contributed by atoms with van der Waals surface area (Å²) < 4.78 is 11.6. The van der Waals surface area contributed by atoms with E-state index in [1.165, 1.54) is 0 Å². The van der Waals surface area contributed by atoms with Crippen molar-refractivity contribution in [3.8, 4) is 11.5 Å². The fourth-order valence-electron chi connectivity index (χ4n) is 1.68. The summed E-state index contributed by atoms with van der Waals surface area (Å²) in [5.41, 5.74) is 6.32. The molecule has 0 bridgehead atoms. The number of rotatable bonds is 4. The summed E-state index contributed by atoms with van der Waals surface area (Å²) in [6, 6.07) is 3.65. The van der Waals surface area contributed by atoms with Crippen molar-refractivity contribution < 1.29 is 14.3 Å². The van der Waals surface area contributed by atoms with Crippen LogP contribution >= 0.6 is 27.7 Å². The molecule has 5 nitrogen and oxygen atoms in total. The third-order valence-corrected chi connectivity index (χ3v) is 3.88. The normalized spacial score (nSPS) is 16.4. The van der Waals surface area contributed by atoms with E-state index >= 15 is 0 Å². The van der Waals surface area contributed by atoms with Gasteiger partial charge in [-0.25, -0.2) is 0 Å². The summed E-state index contributed by atoms with van der Waals surface area (Å²) in [7, 11) is 1.57. The Hall–Kier alpha value is -1.47. The van der Waals surface area contributed by atoms with Crippen molar-refractivity contribution in [2.24, 2.45) is 10.7 Å². The maximum absolute atomic E-state index is 11.6. The largest absolute Gasteiger partial charge is 0.493 e. The van der Waals surface area contributed by atoms with Crippen LogP contribution in [-0.4, -0.2) is 24.8 Å². The van der Waals surface area contributed by atoms with Crippen molar-refractivity contribution in [1.29, 1.82) is 0 Å². The standard InChI is InChI=1S/C13H13BrN2O3S/c1-3-19-11-8(14)4-7(5-9(11)18-2)6-10-12(17)16-13(15)20-10/h4-6H,3H2,1-2H3,(H2,15,16,17)/b10-6-. The fraction of sp³-hybridized carbons (Fsp3) is 0.231. The van der Waals surface area contributed by atoms with Crippen molar-refractivity contribution in [3.05, 3.63) is 27.1 Å². The fourth-order valence-corrected chi connectivity index (χ4v) is 2.94. The van der Waals surface area contributed by atoms with Crippen LogP contribution in [0.15, 0.2) is 26.5 Å². The highest BCUT2D eigenvalue weighted by Crippen LogP contribution is 2.38. The minimum absolute atomic E-state index is 0.262. The van der Waals surface area contributed by atoms with Gasteiger partial charge in [0.15, 0.2) is 16.7 Å². The Labute approximate surface area is 129 Å². The summed E-state index contributed by atoms with van der Waals surface area (Å²) in [6.07, 6.45) is 1.72. The molecule has 0 unspecified atom stereocenters. The number of hydrogen-bond acceptors (Lipinski definition) is 5. The lowest BCUT2D eigenvalue weighted by atomic mass is 10.2. The zero-order valence-corrected chi connectivity index (χ0v) is 13.4. The number of ether oxygens (including phenoxy) is 2. The lowest BCUT2D eigenvalue weighted by Gasteiger charge is -2.12. The van der Waals surface area contributed by atoms with Gasteiger partial charge in [-0.1, -0.05) is 0 Å². The van der Waals surface area contributed by atoms with E-state index in [-0.39, 0.29) is 11.1 Å². The van der Waals surface area contributed by atoms with Crippen molar-refractivity contribution in [3.63, 3.8) is 0 Å². The summed E-state index contributed by atoms with van der Waals surface area (Å²) in [6.45, 7) is 2.43. The molecule has 7 heteroatoms. The van der Waals surface area contributed by atoms with Crippen molar-refractivity contribution in [2.75, 3.05) is 13.7 Å². The first-order valence-electron chi connectivity index (χ1n) is 5.83. The van der Waals surface area contributed by atoms with Crippen LogP contribution in [0.4, 0.5) is 0 Å². The van der Waals surface area contributed by atoms with Gasteiger partial charge in [0.05, 0.1) is 23.1 Å². The molecule has 1 aromatic carbocycles. The van der Waals surface area contributed by atoms with Crippen molar-refractivity contribution in [1.82, 2.24) is 0 Å². The van der Waals surface area contributed by atoms with Gasteiger partial charge in [0, 0.05) is 0 Å². The number of nitrogens with two attached hydrogens (primary N) is 1. The minimum atomic E-state index is -0.323. The number of amidine groups is 1. The number of hydrogen-bond donors (Lipinski definition) is 1. The Bertz CT molecular complexity index is 614. The number of benzene rings is 1. The number of aliphatic imine (C=N–C) groups is 1. The van der Waals surface area contributed by atoms with E-state index in [0.717, 1.165) is 21.8 Å². The molecule has 2 N–H and O–H groups in total. The van der Waals surface area contributed by atoms with Crippen molar-refractivity contribution >= 4 is 44.8 Å². The Morgan fingerprint density at radius 3 is 2.80 bits per heavy atom. The molecule has 0 fully saturated rings. The van der Waals surface area contributed by atoms with Crippen LogP contribution in [0, 0.1) is 0 Å². The Morgan fingerprint density at radius 2 is 2.25 bits per heavy atom. The second kappa shape index (κ2) is 6.32. The average Bonchev–Trinajstić information content (AvgIpc) is 2.70. The molecular weight excluding hydrogens is 344 g/mol. The van der Waals surface area contributed by atoms with Gasteiger partial charge < -0.3 is 15.2 Å². The molecule has 1 heterocycles. The van der Waals surface area contributed by atoms with Crippen LogP contribution in [0.3, 0.4) is 0 Å². The number of carbonyl (C=O) groups is 1. The molecule has 1 aliphatic heterocycles. The van der Waals surface area contributed by atoms with Gasteiger partial charge in [0.25, 0.3) is 5.91 Å². The molecule has 1 aliphatic rings. The molecule has 2 rings (SSSR count). The number of halogens is 1. The van der Waals surface area contributed by atoms with Crippen LogP contribution in [0.2, 0.25) is 0 Å². The quantitative estimate of drug-likeness (QED) is 0.839. The van der Waals surface area contributed by atoms with Gasteiger partial charge in [-0.2, -0.15) is 4.99 Å². The highest BCUT2D eigenvalue weighted by Gasteiger charge is 2.20. The summed E-state index contributed by atoms with van der Waals surface area (Å²) in [5.74, 6) is 0.909. The Balaban J connectivity index is 2.37. The van der Waals surface area contributed by atoms with E-state index in [1.54, 1.807) is 19.3 Å². The molecule has 0 radical (unpaired) electrons. The van der Waals surface area contributed by atoms with Crippen LogP contribution in [-0.2, 0) is 4.79 Å². The van der Waals surface area contributed by atoms with Gasteiger partial charge in [-0.15, -0.1) is 0 Å². The number of carbonyl (C=O) groups excluding carboxylic acids is 1. The van der Waals surface area contributed by atoms with Crippen molar-refractivity contribution in [2.45, 2.75) is 6.92 Å². The molecule has 106 valence electrons. The number of amides is 1. The SMILES string of the molecule is CCOc1c(Br)cc(/C=C2\SC(N)=NC2=O)cc1OC. The highest BCUT2D eigenvalue weighted by atomic mass is 79.9. The summed E-state index contributed by atoms with van der Waals surface area (Å²) in [5, 5.41) is 0.262. The molecular formula is C13H13BrN2O3S. The lowest BCUT2D eigenvalue weighted by Crippen LogP contribution is -2.01. The van der Waals surface area contributed by atoms with Crippen LogP contribution in [0.5, 0.6) is 11.5 Å². The monoisotopic (exact) mass is 356 g/mol. The Kier molecular flexibility index (Phi) is 4.72. The van der Waals surface area contributed by atoms with Gasteiger partial charge in [0.1, 0.15) is 0 Å². The third-order valence-electron chi connectivity index (χ3n) is 2.48. The average molecular weight is 357 g/mol. The highest BCUT2D eigenvalue weighted by molar-refractivity contribution is 9.10. The van der Waals surface area contributed by atoms with Gasteiger partial charge in [0.2, 0.25) is 0 Å². The number of methoxy groups -OCH3 is 1. The van der Waals surface area contributed by atoms with Crippen LogP contribution in [0.25, 0.3) is 6.08 Å². The maximum Gasteiger partial charge on any atom is 0.286 e. The first kappa shape index (κ1) is 14.9. The predicted molar refractivity (Wildman–Crippen MR) is 84.1 cm³/mol. The molecule has 1 amide bonds. The van der Waals surface area contributed by atoms with Crippen LogP contribution in [0.1, 0.15) is 12.5 Å². The van der Waals surface area contributed by atoms with Gasteiger partial charge in [-0.3, -0.25) is 4.79 Å². The van der Waals surface area contributed by atoms with E-state index in [2.05, 4.69) is 20.9 Å². The van der Waals surface area contributed by atoms with E-state index in [4.69, 9.17) is 15.2 Å². The minimum Gasteiger partial charge on any atom is -0.493 e. The molecule has 0 aromatic heterocycles. The summed E-state index contributed by atoms with van der Waals surface area (Å²) >= 11 is 4.59. The second-order valence-electron chi connectivity index (χ2n) is 3.83. The molecule has 0 atom stereocenters. The van der Waals surface area contributed by atoms with Crippen LogP contribution < -0.4 is 15.2 Å². The Morgan fingerprint density at radius 1 is 1.50 bits per heavy atom. The predicted octanol–water partition coefficient (Wildman–Crippen LogP) is 2.79. The smallest absolute Gasteiger partial charge is 0.286 e. The molecule has 0 saturated carbocycles. The first-order valence-corrected chi connectivity index (χ1v) is 7.44. The topological polar surface area (TPSA) is 73.9 Å². The first-order chi connectivity index (χ1) is 9.55. The molecule has 0 spiro atoms. The zero-order chi connectivity index (χ0) is 14.7. The zero-order valence-electron chi connectivity index (χ0n) is 11.0. The molecule has 0 saturated heterocycles. The molecule has 20 heavy (non-hydrogen) atoms. The van der Waals surface area contributed by atoms with E-state index in [9.17, 15) is 4.79 Å². The maximum atomic E-state index is 11.6. The van der Waals surface area contributed by atoms with Gasteiger partial charge in [-0.05, 0) is 58.4 Å². The second-order valence-corrected chi connectivity index (χ2v) is 5.75. The van der Waals surface area contributed by atoms with E-state index in [0.29, 0.717) is 23.0 Å². The third kappa shape index (κ3) is 3.16. The molecule has 0 aliphatic carbocycles. The van der Waals surface area contributed by atoms with Gasteiger partial charge >= 0.3 is 0 Å². The molecule has 1 aromatic rings. The number of thioether (sulfide) groups is 1.